The number of aromatic nitrogens is 2. The number of benzene rings is 1. The van der Waals surface area contributed by atoms with Crippen LogP contribution in [0, 0.1) is 0 Å². The second-order valence-corrected chi connectivity index (χ2v) is 6.57. The van der Waals surface area contributed by atoms with Crippen molar-refractivity contribution in [2.24, 2.45) is 0 Å². The summed E-state index contributed by atoms with van der Waals surface area (Å²) in [7, 11) is 4.01. The molecule has 6 nitrogen and oxygen atoms in total. The highest BCUT2D eigenvalue weighted by atomic mass is 16.2. The van der Waals surface area contributed by atoms with Crippen molar-refractivity contribution in [1.82, 2.24) is 14.9 Å². The zero-order valence-corrected chi connectivity index (χ0v) is 14.9. The molecule has 0 aliphatic carbocycles. The number of rotatable bonds is 4. The monoisotopic (exact) mass is 339 g/mol. The summed E-state index contributed by atoms with van der Waals surface area (Å²) in [5, 5.41) is 3.16. The van der Waals surface area contributed by atoms with Crippen LogP contribution < -0.4 is 10.2 Å². The van der Waals surface area contributed by atoms with Gasteiger partial charge in [-0.15, -0.1) is 0 Å². The maximum absolute atomic E-state index is 12.5. The molecule has 1 aliphatic rings. The number of carbonyl (C=O) groups is 1. The summed E-state index contributed by atoms with van der Waals surface area (Å²) in [4.78, 5) is 25.1. The summed E-state index contributed by atoms with van der Waals surface area (Å²) in [6, 6.07) is 8.02. The van der Waals surface area contributed by atoms with Crippen molar-refractivity contribution < 1.29 is 4.79 Å². The fourth-order valence-electron chi connectivity index (χ4n) is 2.93. The lowest BCUT2D eigenvalue weighted by atomic mass is 10.2. The topological polar surface area (TPSA) is 61.4 Å². The van der Waals surface area contributed by atoms with E-state index in [4.69, 9.17) is 0 Å². The minimum atomic E-state index is 0.0313. The number of amides is 1. The third-order valence-electron chi connectivity index (χ3n) is 4.43. The Morgan fingerprint density at radius 3 is 2.16 bits per heavy atom. The molecule has 0 radical (unpaired) electrons. The molecule has 132 valence electrons. The lowest BCUT2D eigenvalue weighted by Crippen LogP contribution is -2.32. The Labute approximate surface area is 148 Å². The summed E-state index contributed by atoms with van der Waals surface area (Å²) in [6.45, 7) is 1.66. The van der Waals surface area contributed by atoms with Crippen molar-refractivity contribution in [3.8, 4) is 0 Å². The predicted octanol–water partition coefficient (Wildman–Crippen LogP) is 3.30. The van der Waals surface area contributed by atoms with Crippen LogP contribution in [0.4, 0.5) is 17.3 Å². The number of hydrogen-bond donors (Lipinski definition) is 1. The molecule has 0 saturated carbocycles. The van der Waals surface area contributed by atoms with E-state index in [9.17, 15) is 4.79 Å². The Kier molecular flexibility index (Phi) is 5.48. The Morgan fingerprint density at radius 2 is 1.60 bits per heavy atom. The molecule has 1 fully saturated rings. The molecule has 1 N–H and O–H groups in total. The van der Waals surface area contributed by atoms with Crippen LogP contribution in [0.1, 0.15) is 36.0 Å². The van der Waals surface area contributed by atoms with Gasteiger partial charge in [0.25, 0.3) is 5.91 Å². The summed E-state index contributed by atoms with van der Waals surface area (Å²) < 4.78 is 0. The van der Waals surface area contributed by atoms with E-state index in [0.717, 1.165) is 37.3 Å². The smallest absolute Gasteiger partial charge is 0.256 e. The van der Waals surface area contributed by atoms with E-state index in [-0.39, 0.29) is 5.91 Å². The minimum Gasteiger partial charge on any atom is -0.378 e. The van der Waals surface area contributed by atoms with Gasteiger partial charge in [0.05, 0.1) is 5.56 Å². The van der Waals surface area contributed by atoms with Crippen molar-refractivity contribution in [3.05, 3.63) is 42.2 Å². The summed E-state index contributed by atoms with van der Waals surface area (Å²) in [6.07, 6.45) is 7.78. The summed E-state index contributed by atoms with van der Waals surface area (Å²) in [5.74, 6) is 0.522. The fourth-order valence-corrected chi connectivity index (χ4v) is 2.93. The highest BCUT2D eigenvalue weighted by Gasteiger charge is 2.17. The van der Waals surface area contributed by atoms with E-state index in [0.29, 0.717) is 11.5 Å². The van der Waals surface area contributed by atoms with Crippen LogP contribution in [0.3, 0.4) is 0 Å². The molecule has 0 spiro atoms. The molecule has 6 heteroatoms. The first kappa shape index (κ1) is 17.2. The van der Waals surface area contributed by atoms with Crippen molar-refractivity contribution >= 4 is 23.2 Å². The van der Waals surface area contributed by atoms with E-state index in [1.807, 2.05) is 48.2 Å². The zero-order valence-electron chi connectivity index (χ0n) is 14.9. The summed E-state index contributed by atoms with van der Waals surface area (Å²) in [5.41, 5.74) is 2.59. The van der Waals surface area contributed by atoms with Crippen LogP contribution in [-0.2, 0) is 0 Å². The van der Waals surface area contributed by atoms with Gasteiger partial charge in [-0.3, -0.25) is 4.79 Å². The summed E-state index contributed by atoms with van der Waals surface area (Å²) >= 11 is 0. The lowest BCUT2D eigenvalue weighted by molar-refractivity contribution is 0.0761. The number of anilines is 3. The van der Waals surface area contributed by atoms with Gasteiger partial charge < -0.3 is 15.1 Å². The molecular formula is C19H25N5O. The molecule has 1 aromatic carbocycles. The van der Waals surface area contributed by atoms with Gasteiger partial charge in [0.1, 0.15) is 0 Å². The normalized spacial score (nSPS) is 14.7. The zero-order chi connectivity index (χ0) is 17.6. The maximum atomic E-state index is 12.5. The number of likely N-dealkylation sites (tertiary alicyclic amines) is 1. The molecule has 2 aromatic rings. The fraction of sp³-hybridized carbons (Fsp3) is 0.421. The highest BCUT2D eigenvalue weighted by molar-refractivity contribution is 5.93. The van der Waals surface area contributed by atoms with E-state index in [1.165, 1.54) is 12.8 Å². The van der Waals surface area contributed by atoms with Crippen LogP contribution in [0.15, 0.2) is 36.7 Å². The molecule has 0 atom stereocenters. The number of carbonyl (C=O) groups excluding carboxylic acids is 1. The van der Waals surface area contributed by atoms with Crippen LogP contribution in [0.25, 0.3) is 0 Å². The standard InChI is InChI=1S/C19H25N5O/c1-23(2)17-9-7-16(8-10-17)22-19-20-13-15(14-21-19)18(25)24-11-5-3-4-6-12-24/h7-10,13-14H,3-6,11-12H2,1-2H3,(H,20,21,22). The first-order valence-electron chi connectivity index (χ1n) is 8.79. The van der Waals surface area contributed by atoms with Crippen molar-refractivity contribution in [3.63, 3.8) is 0 Å². The van der Waals surface area contributed by atoms with Crippen LogP contribution in [0.5, 0.6) is 0 Å². The van der Waals surface area contributed by atoms with Gasteiger partial charge >= 0.3 is 0 Å². The van der Waals surface area contributed by atoms with E-state index < -0.39 is 0 Å². The molecule has 3 rings (SSSR count). The average Bonchev–Trinajstić information content (AvgIpc) is 2.92. The highest BCUT2D eigenvalue weighted by Crippen LogP contribution is 2.18. The van der Waals surface area contributed by atoms with Gasteiger partial charge in [-0.05, 0) is 37.1 Å². The van der Waals surface area contributed by atoms with E-state index in [1.54, 1.807) is 12.4 Å². The SMILES string of the molecule is CN(C)c1ccc(Nc2ncc(C(=O)N3CCCCCC3)cn2)cc1. The number of nitrogens with zero attached hydrogens (tertiary/aromatic N) is 4. The van der Waals surface area contributed by atoms with Gasteiger partial charge in [-0.25, -0.2) is 9.97 Å². The molecule has 0 bridgehead atoms. The Morgan fingerprint density at radius 1 is 1.00 bits per heavy atom. The molecule has 0 unspecified atom stereocenters. The van der Waals surface area contributed by atoms with Gasteiger partial charge in [0.15, 0.2) is 0 Å². The molecule has 2 heterocycles. The van der Waals surface area contributed by atoms with Crippen LogP contribution >= 0.6 is 0 Å². The third kappa shape index (κ3) is 4.47. The molecule has 1 aliphatic heterocycles. The Balaban J connectivity index is 1.64. The van der Waals surface area contributed by atoms with Gasteiger partial charge in [-0.2, -0.15) is 0 Å². The largest absolute Gasteiger partial charge is 0.378 e. The predicted molar refractivity (Wildman–Crippen MR) is 100 cm³/mol. The second-order valence-electron chi connectivity index (χ2n) is 6.57. The number of hydrogen-bond acceptors (Lipinski definition) is 5. The molecule has 25 heavy (non-hydrogen) atoms. The Hall–Kier alpha value is -2.63. The molecular weight excluding hydrogens is 314 g/mol. The van der Waals surface area contributed by atoms with Gasteiger partial charge in [0.2, 0.25) is 5.95 Å². The minimum absolute atomic E-state index is 0.0313. The van der Waals surface area contributed by atoms with Gasteiger partial charge in [-0.1, -0.05) is 12.8 Å². The Bertz CT molecular complexity index is 689. The molecule has 1 aromatic heterocycles. The third-order valence-corrected chi connectivity index (χ3v) is 4.43. The van der Waals surface area contributed by atoms with Crippen LogP contribution in [0.2, 0.25) is 0 Å². The quantitative estimate of drug-likeness (QED) is 0.926. The van der Waals surface area contributed by atoms with Gasteiger partial charge in [0, 0.05) is 51.0 Å². The first-order chi connectivity index (χ1) is 12.1. The molecule has 1 saturated heterocycles. The van der Waals surface area contributed by atoms with Crippen molar-refractivity contribution in [2.75, 3.05) is 37.4 Å². The lowest BCUT2D eigenvalue weighted by Gasteiger charge is -2.20. The van der Waals surface area contributed by atoms with Crippen molar-refractivity contribution in [1.29, 1.82) is 0 Å². The first-order valence-corrected chi connectivity index (χ1v) is 8.79. The van der Waals surface area contributed by atoms with E-state index in [2.05, 4.69) is 15.3 Å². The van der Waals surface area contributed by atoms with Crippen molar-refractivity contribution in [2.45, 2.75) is 25.7 Å². The van der Waals surface area contributed by atoms with E-state index >= 15 is 0 Å². The maximum Gasteiger partial charge on any atom is 0.256 e. The van der Waals surface area contributed by atoms with Crippen LogP contribution in [-0.4, -0.2) is 48.0 Å². The molecule has 1 amide bonds. The number of nitrogens with one attached hydrogen (secondary N) is 1. The average molecular weight is 339 g/mol. The second kappa shape index (κ2) is 7.96.